The molecule has 0 aromatic carbocycles. The van der Waals surface area contributed by atoms with E-state index in [1.54, 1.807) is 20.8 Å². The van der Waals surface area contributed by atoms with Crippen molar-refractivity contribution in [3.63, 3.8) is 0 Å². The zero-order chi connectivity index (χ0) is 17.2. The Bertz CT molecular complexity index is 636. The molecule has 0 unspecified atom stereocenters. The number of hydrogen-bond donors (Lipinski definition) is 1. The molecule has 1 fully saturated rings. The van der Waals surface area contributed by atoms with Gasteiger partial charge in [0.15, 0.2) is 0 Å². The Morgan fingerprint density at radius 3 is 2.52 bits per heavy atom. The predicted octanol–water partition coefficient (Wildman–Crippen LogP) is 1.73. The first-order valence-corrected chi connectivity index (χ1v) is 7.43. The lowest BCUT2D eigenvalue weighted by atomic mass is 10.1. The number of carboxylic acid groups (broad SMARTS) is 1. The Morgan fingerprint density at radius 2 is 1.91 bits per heavy atom. The van der Waals surface area contributed by atoms with Crippen LogP contribution in [-0.2, 0) is 9.53 Å². The van der Waals surface area contributed by atoms with Crippen LogP contribution >= 0.6 is 0 Å². The summed E-state index contributed by atoms with van der Waals surface area (Å²) in [5.41, 5.74) is -0.820. The highest BCUT2D eigenvalue weighted by atomic mass is 16.6. The van der Waals surface area contributed by atoms with Crippen LogP contribution in [0.25, 0.3) is 0 Å². The van der Waals surface area contributed by atoms with Gasteiger partial charge in [-0.2, -0.15) is 0 Å². The molecule has 1 aromatic heterocycles. The van der Waals surface area contributed by atoms with Crippen LogP contribution in [0.4, 0.5) is 0 Å². The van der Waals surface area contributed by atoms with Crippen LogP contribution in [0.15, 0.2) is 18.2 Å². The molecule has 0 bridgehead atoms. The monoisotopic (exact) mass is 320 g/mol. The third-order valence-electron chi connectivity index (χ3n) is 3.38. The fourth-order valence-electron chi connectivity index (χ4n) is 2.44. The minimum Gasteiger partial charge on any atom is -0.477 e. The molecule has 124 valence electrons. The normalized spacial score (nSPS) is 17.9. The van der Waals surface area contributed by atoms with Crippen LogP contribution in [-0.4, -0.2) is 51.0 Å². The van der Waals surface area contributed by atoms with E-state index in [2.05, 4.69) is 4.98 Å². The average Bonchev–Trinajstić information content (AvgIpc) is 2.94. The number of aromatic carboxylic acids is 1. The number of likely N-dealkylation sites (tertiary alicyclic amines) is 1. The molecule has 2 heterocycles. The van der Waals surface area contributed by atoms with Crippen LogP contribution in [0.2, 0.25) is 0 Å². The number of ether oxygens (including phenoxy) is 1. The van der Waals surface area contributed by atoms with Crippen LogP contribution in [0, 0.1) is 0 Å². The van der Waals surface area contributed by atoms with Gasteiger partial charge in [-0.25, -0.2) is 14.6 Å². The van der Waals surface area contributed by atoms with E-state index in [0.29, 0.717) is 19.4 Å². The topological polar surface area (TPSA) is 96.8 Å². The van der Waals surface area contributed by atoms with E-state index in [-0.39, 0.29) is 11.4 Å². The minimum atomic E-state index is -1.20. The summed E-state index contributed by atoms with van der Waals surface area (Å²) in [5, 5.41) is 8.96. The highest BCUT2D eigenvalue weighted by Gasteiger charge is 2.37. The molecular weight excluding hydrogens is 300 g/mol. The first-order valence-electron chi connectivity index (χ1n) is 7.43. The van der Waals surface area contributed by atoms with Gasteiger partial charge in [0.05, 0.1) is 0 Å². The minimum absolute atomic E-state index is 0.0142. The Labute approximate surface area is 134 Å². The number of aromatic nitrogens is 1. The van der Waals surface area contributed by atoms with Crippen molar-refractivity contribution in [3.05, 3.63) is 29.6 Å². The molecule has 1 N–H and O–H groups in total. The van der Waals surface area contributed by atoms with Crippen molar-refractivity contribution in [2.45, 2.75) is 45.3 Å². The van der Waals surface area contributed by atoms with E-state index >= 15 is 0 Å². The smallest absolute Gasteiger partial charge is 0.354 e. The van der Waals surface area contributed by atoms with E-state index in [1.165, 1.54) is 23.1 Å². The Hall–Kier alpha value is -2.44. The van der Waals surface area contributed by atoms with Gasteiger partial charge in [-0.15, -0.1) is 0 Å². The number of nitrogens with zero attached hydrogens (tertiary/aromatic N) is 2. The van der Waals surface area contributed by atoms with Crippen molar-refractivity contribution in [1.82, 2.24) is 9.88 Å². The molecule has 0 spiro atoms. The number of rotatable bonds is 3. The molecule has 1 aliphatic rings. The highest BCUT2D eigenvalue weighted by Crippen LogP contribution is 2.23. The van der Waals surface area contributed by atoms with Gasteiger partial charge in [0.2, 0.25) is 0 Å². The second-order valence-electron chi connectivity index (χ2n) is 6.40. The standard InChI is InChI=1S/C16H20N2O5/c1-16(2,3)23-15(22)12-8-5-9-18(12)13(19)10-6-4-7-11(17-10)14(20)21/h4,6-7,12H,5,8-9H2,1-3H3,(H,20,21)/t12-/m1/s1. The highest BCUT2D eigenvalue weighted by molar-refractivity contribution is 5.96. The number of carboxylic acids is 1. The fourth-order valence-corrected chi connectivity index (χ4v) is 2.44. The van der Waals surface area contributed by atoms with Gasteiger partial charge in [0, 0.05) is 6.54 Å². The van der Waals surface area contributed by atoms with Crippen LogP contribution in [0.3, 0.4) is 0 Å². The molecule has 23 heavy (non-hydrogen) atoms. The van der Waals surface area contributed by atoms with E-state index < -0.39 is 29.5 Å². The summed E-state index contributed by atoms with van der Waals surface area (Å²) in [5.74, 6) is -2.11. The maximum Gasteiger partial charge on any atom is 0.354 e. The predicted molar refractivity (Wildman–Crippen MR) is 81.1 cm³/mol. The lowest BCUT2D eigenvalue weighted by Crippen LogP contribution is -2.43. The summed E-state index contributed by atoms with van der Waals surface area (Å²) in [6.07, 6.45) is 1.22. The first kappa shape index (κ1) is 16.9. The summed E-state index contributed by atoms with van der Waals surface area (Å²) in [7, 11) is 0. The number of carbonyl (C=O) groups excluding carboxylic acids is 2. The quantitative estimate of drug-likeness (QED) is 0.852. The number of hydrogen-bond acceptors (Lipinski definition) is 5. The van der Waals surface area contributed by atoms with Crippen LogP contribution in [0.1, 0.15) is 54.6 Å². The second-order valence-corrected chi connectivity index (χ2v) is 6.40. The van der Waals surface area contributed by atoms with Gasteiger partial charge >= 0.3 is 11.9 Å². The average molecular weight is 320 g/mol. The molecule has 1 atom stereocenters. The zero-order valence-electron chi connectivity index (χ0n) is 13.4. The van der Waals surface area contributed by atoms with E-state index in [4.69, 9.17) is 9.84 Å². The van der Waals surface area contributed by atoms with Gasteiger partial charge in [-0.3, -0.25) is 4.79 Å². The molecule has 7 heteroatoms. The van der Waals surface area contributed by atoms with E-state index in [0.717, 1.165) is 0 Å². The summed E-state index contributed by atoms with van der Waals surface area (Å²) in [6.45, 7) is 5.72. The van der Waals surface area contributed by atoms with E-state index in [1.807, 2.05) is 0 Å². The van der Waals surface area contributed by atoms with E-state index in [9.17, 15) is 14.4 Å². The lowest BCUT2D eigenvalue weighted by molar-refractivity contribution is -0.159. The fraction of sp³-hybridized carbons (Fsp3) is 0.500. The molecule has 2 rings (SSSR count). The van der Waals surface area contributed by atoms with Crippen molar-refractivity contribution in [2.24, 2.45) is 0 Å². The summed E-state index contributed by atoms with van der Waals surface area (Å²) in [4.78, 5) is 41.0. The molecule has 1 amide bonds. The molecular formula is C16H20N2O5. The van der Waals surface area contributed by atoms with Crippen molar-refractivity contribution >= 4 is 17.8 Å². The van der Waals surface area contributed by atoms with Gasteiger partial charge in [-0.05, 0) is 45.7 Å². The largest absolute Gasteiger partial charge is 0.477 e. The number of pyridine rings is 1. The van der Waals surface area contributed by atoms with Crippen molar-refractivity contribution in [2.75, 3.05) is 6.54 Å². The summed E-state index contributed by atoms with van der Waals surface area (Å²) >= 11 is 0. The molecule has 0 saturated carbocycles. The molecule has 1 saturated heterocycles. The third-order valence-corrected chi connectivity index (χ3v) is 3.38. The number of carbonyl (C=O) groups is 3. The van der Waals surface area contributed by atoms with Gasteiger partial charge < -0.3 is 14.7 Å². The summed E-state index contributed by atoms with van der Waals surface area (Å²) < 4.78 is 5.35. The number of esters is 1. The van der Waals surface area contributed by atoms with Crippen molar-refractivity contribution in [3.8, 4) is 0 Å². The van der Waals surface area contributed by atoms with Crippen molar-refractivity contribution < 1.29 is 24.2 Å². The first-order chi connectivity index (χ1) is 10.7. The maximum absolute atomic E-state index is 12.6. The van der Waals surface area contributed by atoms with Gasteiger partial charge in [0.25, 0.3) is 5.91 Å². The summed E-state index contributed by atoms with van der Waals surface area (Å²) in [6, 6.07) is 3.56. The maximum atomic E-state index is 12.6. The Kier molecular flexibility index (Phi) is 4.68. The van der Waals surface area contributed by atoms with Crippen LogP contribution < -0.4 is 0 Å². The molecule has 0 radical (unpaired) electrons. The molecule has 1 aliphatic heterocycles. The van der Waals surface area contributed by atoms with Crippen molar-refractivity contribution in [1.29, 1.82) is 0 Å². The SMILES string of the molecule is CC(C)(C)OC(=O)[C@H]1CCCN1C(=O)c1cccc(C(=O)O)n1. The van der Waals surface area contributed by atoms with Gasteiger partial charge in [0.1, 0.15) is 23.0 Å². The number of amides is 1. The molecule has 7 nitrogen and oxygen atoms in total. The lowest BCUT2D eigenvalue weighted by Gasteiger charge is -2.27. The van der Waals surface area contributed by atoms with Crippen LogP contribution in [0.5, 0.6) is 0 Å². The third kappa shape index (κ3) is 4.06. The zero-order valence-corrected chi connectivity index (χ0v) is 13.4. The van der Waals surface area contributed by atoms with Gasteiger partial charge in [-0.1, -0.05) is 6.07 Å². The Morgan fingerprint density at radius 1 is 1.26 bits per heavy atom. The molecule has 1 aromatic rings. The Balaban J connectivity index is 2.19. The molecule has 0 aliphatic carbocycles. The second kappa shape index (κ2) is 6.36.